The van der Waals surface area contributed by atoms with Crippen LogP contribution < -0.4 is 0 Å². The molecule has 2 fully saturated rings. The summed E-state index contributed by atoms with van der Waals surface area (Å²) in [7, 11) is 0. The molecule has 0 aromatic heterocycles. The Balaban J connectivity index is 1.87. The fraction of sp³-hybridized carbons (Fsp3) is 0.667. The van der Waals surface area contributed by atoms with E-state index < -0.39 is 0 Å². The highest BCUT2D eigenvalue weighted by atomic mass is 16.5. The monoisotopic (exact) mass is 208 g/mol. The molecule has 2 saturated carbocycles. The van der Waals surface area contributed by atoms with Crippen molar-refractivity contribution in [3.8, 4) is 0 Å². The summed E-state index contributed by atoms with van der Waals surface area (Å²) in [6, 6.07) is 0. The van der Waals surface area contributed by atoms with Crippen LogP contribution in [0.4, 0.5) is 0 Å². The van der Waals surface area contributed by atoms with Crippen molar-refractivity contribution in [2.24, 2.45) is 11.8 Å². The molecule has 0 amide bonds. The average Bonchev–Trinajstić information content (AvgIpc) is 2.18. The number of Topliss-reactive ketones (excluding diaryl/α,β-unsaturated/α-hetero) is 1. The first-order valence-corrected chi connectivity index (χ1v) is 5.47. The number of carbonyl (C=O) groups excluding carboxylic acids is 2. The standard InChI is InChI=1S/C12H16O3/c1-7(2)12(14)15-9-4-3-8-5-11(13)10(8)6-9/h8-10H,1,3-6H2,2H3. The van der Waals surface area contributed by atoms with E-state index in [1.807, 2.05) is 0 Å². The van der Waals surface area contributed by atoms with Crippen molar-refractivity contribution >= 4 is 11.8 Å². The minimum atomic E-state index is -0.328. The zero-order valence-electron chi connectivity index (χ0n) is 8.99. The highest BCUT2D eigenvalue weighted by Gasteiger charge is 2.44. The Labute approximate surface area is 89.5 Å². The molecule has 3 atom stereocenters. The number of ether oxygens (including phenoxy) is 1. The molecular weight excluding hydrogens is 192 g/mol. The first-order valence-electron chi connectivity index (χ1n) is 5.47. The Kier molecular flexibility index (Phi) is 2.63. The van der Waals surface area contributed by atoms with Gasteiger partial charge in [0, 0.05) is 17.9 Å². The molecule has 0 N–H and O–H groups in total. The Morgan fingerprint density at radius 1 is 1.47 bits per heavy atom. The Morgan fingerprint density at radius 2 is 2.20 bits per heavy atom. The molecule has 0 bridgehead atoms. The van der Waals surface area contributed by atoms with Gasteiger partial charge in [-0.25, -0.2) is 4.79 Å². The molecule has 3 unspecified atom stereocenters. The van der Waals surface area contributed by atoms with E-state index in [4.69, 9.17) is 4.74 Å². The Bertz CT molecular complexity index is 319. The summed E-state index contributed by atoms with van der Waals surface area (Å²) in [6.07, 6.45) is 3.31. The third-order valence-electron chi connectivity index (χ3n) is 3.44. The van der Waals surface area contributed by atoms with Gasteiger partial charge >= 0.3 is 5.97 Å². The molecule has 3 nitrogen and oxygen atoms in total. The number of carbonyl (C=O) groups is 2. The third-order valence-corrected chi connectivity index (χ3v) is 3.44. The molecule has 0 saturated heterocycles. The lowest BCUT2D eigenvalue weighted by atomic mass is 9.64. The van der Waals surface area contributed by atoms with Crippen molar-refractivity contribution in [2.45, 2.75) is 38.7 Å². The van der Waals surface area contributed by atoms with Crippen LogP contribution in [-0.2, 0) is 14.3 Å². The number of rotatable bonds is 2. The van der Waals surface area contributed by atoms with E-state index in [0.717, 1.165) is 25.7 Å². The summed E-state index contributed by atoms with van der Waals surface area (Å²) in [5, 5.41) is 0. The van der Waals surface area contributed by atoms with Crippen LogP contribution in [0.25, 0.3) is 0 Å². The molecule has 0 spiro atoms. The summed E-state index contributed by atoms with van der Waals surface area (Å²) in [5.74, 6) is 0.750. The zero-order chi connectivity index (χ0) is 11.0. The molecule has 2 rings (SSSR count). The van der Waals surface area contributed by atoms with Crippen LogP contribution in [0.5, 0.6) is 0 Å². The minimum absolute atomic E-state index is 0.0697. The lowest BCUT2D eigenvalue weighted by Gasteiger charge is -2.41. The summed E-state index contributed by atoms with van der Waals surface area (Å²) in [4.78, 5) is 22.6. The maximum Gasteiger partial charge on any atom is 0.333 e. The van der Waals surface area contributed by atoms with Gasteiger partial charge in [0.25, 0.3) is 0 Å². The van der Waals surface area contributed by atoms with E-state index in [9.17, 15) is 9.59 Å². The first kappa shape index (κ1) is 10.4. The Hall–Kier alpha value is -1.12. The van der Waals surface area contributed by atoms with Gasteiger partial charge in [0.05, 0.1) is 0 Å². The summed E-state index contributed by atoms with van der Waals surface area (Å²) in [5.41, 5.74) is 0.428. The molecule has 15 heavy (non-hydrogen) atoms. The van der Waals surface area contributed by atoms with Gasteiger partial charge in [0.1, 0.15) is 11.9 Å². The van der Waals surface area contributed by atoms with Crippen LogP contribution in [0.15, 0.2) is 12.2 Å². The van der Waals surface area contributed by atoms with Crippen molar-refractivity contribution in [3.05, 3.63) is 12.2 Å². The zero-order valence-corrected chi connectivity index (χ0v) is 8.99. The van der Waals surface area contributed by atoms with Crippen LogP contribution >= 0.6 is 0 Å². The molecular formula is C12H16O3. The summed E-state index contributed by atoms with van der Waals surface area (Å²) in [6.45, 7) is 5.18. The second-order valence-corrected chi connectivity index (χ2v) is 4.66. The summed E-state index contributed by atoms with van der Waals surface area (Å²) < 4.78 is 5.26. The number of ketones is 1. The number of hydrogen-bond acceptors (Lipinski definition) is 3. The highest BCUT2D eigenvalue weighted by molar-refractivity contribution is 5.88. The average molecular weight is 208 g/mol. The third kappa shape index (κ3) is 1.96. The van der Waals surface area contributed by atoms with Gasteiger partial charge in [-0.05, 0) is 32.1 Å². The van der Waals surface area contributed by atoms with Gasteiger partial charge in [-0.15, -0.1) is 0 Å². The second-order valence-electron chi connectivity index (χ2n) is 4.66. The van der Waals surface area contributed by atoms with E-state index in [1.165, 1.54) is 0 Å². The van der Waals surface area contributed by atoms with Crippen LogP contribution in [-0.4, -0.2) is 17.9 Å². The van der Waals surface area contributed by atoms with E-state index in [-0.39, 0.29) is 18.0 Å². The molecule has 0 aromatic rings. The molecule has 0 aliphatic heterocycles. The van der Waals surface area contributed by atoms with Crippen molar-refractivity contribution in [2.75, 3.05) is 0 Å². The van der Waals surface area contributed by atoms with Gasteiger partial charge in [-0.2, -0.15) is 0 Å². The van der Waals surface area contributed by atoms with Crippen molar-refractivity contribution in [3.63, 3.8) is 0 Å². The van der Waals surface area contributed by atoms with Crippen molar-refractivity contribution < 1.29 is 14.3 Å². The van der Waals surface area contributed by atoms with E-state index in [2.05, 4.69) is 6.58 Å². The second kappa shape index (κ2) is 3.80. The van der Waals surface area contributed by atoms with E-state index in [1.54, 1.807) is 6.92 Å². The molecule has 82 valence electrons. The highest BCUT2D eigenvalue weighted by Crippen LogP contribution is 2.43. The van der Waals surface area contributed by atoms with Crippen LogP contribution in [0.1, 0.15) is 32.6 Å². The molecule has 0 aromatic carbocycles. The van der Waals surface area contributed by atoms with Gasteiger partial charge in [0.15, 0.2) is 0 Å². The minimum Gasteiger partial charge on any atom is -0.459 e. The molecule has 2 aliphatic carbocycles. The topological polar surface area (TPSA) is 43.4 Å². The SMILES string of the molecule is C=C(C)C(=O)OC1CCC2CC(=O)C2C1. The number of fused-ring (bicyclic) bond motifs is 1. The molecule has 0 radical (unpaired) electrons. The molecule has 2 aliphatic rings. The van der Waals surface area contributed by atoms with Crippen LogP contribution in [0.2, 0.25) is 0 Å². The first-order chi connectivity index (χ1) is 7.08. The van der Waals surface area contributed by atoms with Crippen molar-refractivity contribution in [1.82, 2.24) is 0 Å². The van der Waals surface area contributed by atoms with E-state index in [0.29, 0.717) is 17.3 Å². The Morgan fingerprint density at radius 3 is 2.80 bits per heavy atom. The van der Waals surface area contributed by atoms with E-state index >= 15 is 0 Å². The summed E-state index contributed by atoms with van der Waals surface area (Å²) >= 11 is 0. The number of esters is 1. The maximum absolute atomic E-state index is 11.3. The smallest absolute Gasteiger partial charge is 0.333 e. The molecule has 0 heterocycles. The van der Waals surface area contributed by atoms with Gasteiger partial charge in [0.2, 0.25) is 0 Å². The molecule has 3 heteroatoms. The van der Waals surface area contributed by atoms with Crippen LogP contribution in [0, 0.1) is 11.8 Å². The quantitative estimate of drug-likeness (QED) is 0.514. The fourth-order valence-corrected chi connectivity index (χ4v) is 2.44. The normalized spacial score (nSPS) is 33.9. The largest absolute Gasteiger partial charge is 0.459 e. The lowest BCUT2D eigenvalue weighted by molar-refractivity contribution is -0.153. The van der Waals surface area contributed by atoms with Crippen LogP contribution in [0.3, 0.4) is 0 Å². The predicted molar refractivity (Wildman–Crippen MR) is 55.1 cm³/mol. The maximum atomic E-state index is 11.3. The fourth-order valence-electron chi connectivity index (χ4n) is 2.44. The van der Waals surface area contributed by atoms with Gasteiger partial charge in [-0.3, -0.25) is 4.79 Å². The van der Waals surface area contributed by atoms with Gasteiger partial charge < -0.3 is 4.74 Å². The van der Waals surface area contributed by atoms with Gasteiger partial charge in [-0.1, -0.05) is 6.58 Å². The van der Waals surface area contributed by atoms with Crippen molar-refractivity contribution in [1.29, 1.82) is 0 Å². The predicted octanol–water partition coefficient (Wildman–Crippen LogP) is 1.86. The number of hydrogen-bond donors (Lipinski definition) is 0. The lowest BCUT2D eigenvalue weighted by Crippen LogP contribution is -2.44.